The van der Waals surface area contributed by atoms with Gasteiger partial charge in [-0.05, 0) is 25.3 Å². The number of nitrogens with two attached hydrogens (primary N) is 1. The summed E-state index contributed by atoms with van der Waals surface area (Å²) in [6.07, 6.45) is 2.61. The second-order valence-corrected chi connectivity index (χ2v) is 4.66. The van der Waals surface area contributed by atoms with Gasteiger partial charge in [0.2, 0.25) is 0 Å². The van der Waals surface area contributed by atoms with Crippen molar-refractivity contribution in [1.82, 2.24) is 5.32 Å². The smallest absolute Gasteiger partial charge is 0.0162 e. The van der Waals surface area contributed by atoms with Crippen molar-refractivity contribution in [3.8, 4) is 0 Å². The molecule has 0 amide bonds. The van der Waals surface area contributed by atoms with E-state index in [0.29, 0.717) is 18.0 Å². The minimum absolute atomic E-state index is 0.407. The summed E-state index contributed by atoms with van der Waals surface area (Å²) in [6.45, 7) is 3.92. The SMILES string of the molecule is C[C@@H](CN)NCC1(c2ccccc2)CC1. The molecule has 0 heterocycles. The Kier molecular flexibility index (Phi) is 3.08. The molecule has 82 valence electrons. The Labute approximate surface area is 91.9 Å². The first-order chi connectivity index (χ1) is 7.27. The first-order valence-corrected chi connectivity index (χ1v) is 5.76. The standard InChI is InChI=1S/C13H20N2/c1-11(9-14)15-10-13(7-8-13)12-5-3-2-4-6-12/h2-6,11,15H,7-10,14H2,1H3/t11-/m0/s1. The molecule has 1 atom stereocenters. The number of nitrogens with one attached hydrogen (secondary N) is 1. The van der Waals surface area contributed by atoms with Gasteiger partial charge in [-0.1, -0.05) is 30.3 Å². The normalized spacial score (nSPS) is 19.9. The Morgan fingerprint density at radius 2 is 2.00 bits per heavy atom. The van der Waals surface area contributed by atoms with E-state index >= 15 is 0 Å². The molecule has 3 N–H and O–H groups in total. The van der Waals surface area contributed by atoms with Crippen molar-refractivity contribution in [1.29, 1.82) is 0 Å². The van der Waals surface area contributed by atoms with E-state index in [2.05, 4.69) is 42.6 Å². The summed E-state index contributed by atoms with van der Waals surface area (Å²) in [5, 5.41) is 3.51. The predicted molar refractivity (Wildman–Crippen MR) is 63.9 cm³/mol. The third-order valence-electron chi connectivity index (χ3n) is 3.38. The quantitative estimate of drug-likeness (QED) is 0.765. The maximum Gasteiger partial charge on any atom is 0.0162 e. The molecule has 0 spiro atoms. The van der Waals surface area contributed by atoms with E-state index < -0.39 is 0 Å². The van der Waals surface area contributed by atoms with Crippen molar-refractivity contribution in [3.63, 3.8) is 0 Å². The van der Waals surface area contributed by atoms with Crippen LogP contribution in [0.2, 0.25) is 0 Å². The Morgan fingerprint density at radius 1 is 1.33 bits per heavy atom. The molecule has 1 aliphatic carbocycles. The van der Waals surface area contributed by atoms with Crippen LogP contribution in [0.3, 0.4) is 0 Å². The summed E-state index contributed by atoms with van der Waals surface area (Å²) in [6, 6.07) is 11.2. The molecule has 1 aromatic carbocycles. The molecule has 0 aliphatic heterocycles. The van der Waals surface area contributed by atoms with Gasteiger partial charge in [-0.15, -0.1) is 0 Å². The van der Waals surface area contributed by atoms with Crippen LogP contribution in [-0.4, -0.2) is 19.1 Å². The maximum atomic E-state index is 5.60. The van der Waals surface area contributed by atoms with Crippen molar-refractivity contribution in [2.75, 3.05) is 13.1 Å². The lowest BCUT2D eigenvalue weighted by molar-refractivity contribution is 0.502. The zero-order chi connectivity index (χ0) is 10.7. The number of rotatable bonds is 5. The van der Waals surface area contributed by atoms with Gasteiger partial charge in [0, 0.05) is 24.5 Å². The lowest BCUT2D eigenvalue weighted by atomic mass is 9.96. The monoisotopic (exact) mass is 204 g/mol. The van der Waals surface area contributed by atoms with Crippen LogP contribution < -0.4 is 11.1 Å². The summed E-state index contributed by atoms with van der Waals surface area (Å²) in [5.41, 5.74) is 7.48. The average molecular weight is 204 g/mol. The molecule has 1 saturated carbocycles. The van der Waals surface area contributed by atoms with Crippen molar-refractivity contribution >= 4 is 0 Å². The van der Waals surface area contributed by atoms with E-state index in [4.69, 9.17) is 5.73 Å². The number of hydrogen-bond acceptors (Lipinski definition) is 2. The summed E-state index contributed by atoms with van der Waals surface area (Å²) >= 11 is 0. The summed E-state index contributed by atoms with van der Waals surface area (Å²) < 4.78 is 0. The first-order valence-electron chi connectivity index (χ1n) is 5.76. The van der Waals surface area contributed by atoms with E-state index in [1.807, 2.05) is 0 Å². The van der Waals surface area contributed by atoms with Crippen molar-refractivity contribution in [2.45, 2.75) is 31.2 Å². The molecule has 0 bridgehead atoms. The molecule has 0 unspecified atom stereocenters. The Bertz CT molecular complexity index is 304. The van der Waals surface area contributed by atoms with E-state index in [1.54, 1.807) is 0 Å². The minimum Gasteiger partial charge on any atom is -0.329 e. The Morgan fingerprint density at radius 3 is 2.53 bits per heavy atom. The molecule has 0 radical (unpaired) electrons. The molecule has 1 aliphatic rings. The molecule has 1 aromatic rings. The van der Waals surface area contributed by atoms with Gasteiger partial charge >= 0.3 is 0 Å². The fourth-order valence-corrected chi connectivity index (χ4v) is 1.96. The fourth-order valence-electron chi connectivity index (χ4n) is 1.96. The van der Waals surface area contributed by atoms with E-state index in [9.17, 15) is 0 Å². The lowest BCUT2D eigenvalue weighted by Crippen LogP contribution is -2.38. The highest BCUT2D eigenvalue weighted by atomic mass is 14.9. The molecular weight excluding hydrogens is 184 g/mol. The summed E-state index contributed by atoms with van der Waals surface area (Å²) in [7, 11) is 0. The highest BCUT2D eigenvalue weighted by Crippen LogP contribution is 2.47. The molecule has 15 heavy (non-hydrogen) atoms. The largest absolute Gasteiger partial charge is 0.329 e. The van der Waals surface area contributed by atoms with Gasteiger partial charge in [-0.2, -0.15) is 0 Å². The van der Waals surface area contributed by atoms with E-state index in [1.165, 1.54) is 18.4 Å². The highest BCUT2D eigenvalue weighted by Gasteiger charge is 2.43. The Balaban J connectivity index is 1.97. The van der Waals surface area contributed by atoms with Crippen molar-refractivity contribution in [2.24, 2.45) is 5.73 Å². The third kappa shape index (κ3) is 2.39. The summed E-state index contributed by atoms with van der Waals surface area (Å²) in [5.74, 6) is 0. The molecular formula is C13H20N2. The molecule has 1 fully saturated rings. The van der Waals surface area contributed by atoms with Gasteiger partial charge in [0.1, 0.15) is 0 Å². The Hall–Kier alpha value is -0.860. The van der Waals surface area contributed by atoms with Crippen LogP contribution in [0.5, 0.6) is 0 Å². The van der Waals surface area contributed by atoms with E-state index in [-0.39, 0.29) is 0 Å². The van der Waals surface area contributed by atoms with Crippen molar-refractivity contribution in [3.05, 3.63) is 35.9 Å². The van der Waals surface area contributed by atoms with Crippen LogP contribution in [0.15, 0.2) is 30.3 Å². The molecule has 2 nitrogen and oxygen atoms in total. The van der Waals surface area contributed by atoms with Gasteiger partial charge < -0.3 is 11.1 Å². The van der Waals surface area contributed by atoms with Crippen LogP contribution in [0.25, 0.3) is 0 Å². The van der Waals surface area contributed by atoms with Gasteiger partial charge in [-0.3, -0.25) is 0 Å². The second-order valence-electron chi connectivity index (χ2n) is 4.66. The molecule has 0 aromatic heterocycles. The zero-order valence-corrected chi connectivity index (χ0v) is 9.37. The van der Waals surface area contributed by atoms with Gasteiger partial charge in [0.25, 0.3) is 0 Å². The molecule has 2 rings (SSSR count). The fraction of sp³-hybridized carbons (Fsp3) is 0.538. The maximum absolute atomic E-state index is 5.60. The highest BCUT2D eigenvalue weighted by molar-refractivity contribution is 5.31. The van der Waals surface area contributed by atoms with Crippen LogP contribution >= 0.6 is 0 Å². The predicted octanol–water partition coefficient (Wildman–Crippen LogP) is 1.66. The van der Waals surface area contributed by atoms with Gasteiger partial charge in [0.05, 0.1) is 0 Å². The second kappa shape index (κ2) is 4.33. The first kappa shape index (κ1) is 10.7. The molecule has 2 heteroatoms. The van der Waals surface area contributed by atoms with Crippen molar-refractivity contribution < 1.29 is 0 Å². The van der Waals surface area contributed by atoms with Crippen LogP contribution in [0.1, 0.15) is 25.3 Å². The zero-order valence-electron chi connectivity index (χ0n) is 9.37. The number of benzene rings is 1. The lowest BCUT2D eigenvalue weighted by Gasteiger charge is -2.19. The average Bonchev–Trinajstić information content (AvgIpc) is 3.08. The minimum atomic E-state index is 0.407. The third-order valence-corrected chi connectivity index (χ3v) is 3.38. The van der Waals surface area contributed by atoms with Gasteiger partial charge in [-0.25, -0.2) is 0 Å². The number of hydrogen-bond donors (Lipinski definition) is 2. The van der Waals surface area contributed by atoms with Crippen LogP contribution in [0, 0.1) is 0 Å². The van der Waals surface area contributed by atoms with E-state index in [0.717, 1.165) is 6.54 Å². The van der Waals surface area contributed by atoms with Crippen LogP contribution in [0.4, 0.5) is 0 Å². The summed E-state index contributed by atoms with van der Waals surface area (Å²) in [4.78, 5) is 0. The molecule has 0 saturated heterocycles. The van der Waals surface area contributed by atoms with Gasteiger partial charge in [0.15, 0.2) is 0 Å². The topological polar surface area (TPSA) is 38.0 Å². The van der Waals surface area contributed by atoms with Crippen LogP contribution in [-0.2, 0) is 5.41 Å².